The van der Waals surface area contributed by atoms with Crippen LogP contribution in [0.5, 0.6) is 0 Å². The van der Waals surface area contributed by atoms with Gasteiger partial charge in [-0.2, -0.15) is 0 Å². The molecule has 1 heterocycles. The topological polar surface area (TPSA) is 58.2 Å². The molecule has 2 aliphatic rings. The summed E-state index contributed by atoms with van der Waals surface area (Å²) in [6, 6.07) is 7.52. The van der Waals surface area contributed by atoms with Gasteiger partial charge < -0.3 is 5.32 Å². The first kappa shape index (κ1) is 22.1. The second-order valence-corrected chi connectivity index (χ2v) is 11.2. The third-order valence-electron chi connectivity index (χ3n) is 6.06. The van der Waals surface area contributed by atoms with Gasteiger partial charge in [0.15, 0.2) is 0 Å². The van der Waals surface area contributed by atoms with Crippen molar-refractivity contribution < 1.29 is 12.8 Å². The SMILES string of the molecule is C=C1CCCC2Nc3c(F)cc(Br)cc3C12CCNS(=O)(=O)c1ccc(Cl)c(Cl)c1. The molecule has 1 saturated carbocycles. The summed E-state index contributed by atoms with van der Waals surface area (Å²) in [6.45, 7) is 4.47. The third kappa shape index (κ3) is 3.69. The normalized spacial score (nSPS) is 23.1. The quantitative estimate of drug-likeness (QED) is 0.461. The van der Waals surface area contributed by atoms with E-state index in [9.17, 15) is 12.8 Å². The van der Waals surface area contributed by atoms with Crippen molar-refractivity contribution in [2.24, 2.45) is 0 Å². The first-order valence-corrected chi connectivity index (χ1v) is 12.6. The first-order chi connectivity index (χ1) is 14.1. The fourth-order valence-corrected chi connectivity index (χ4v) is 6.50. The fraction of sp³-hybridized carbons (Fsp3) is 0.333. The van der Waals surface area contributed by atoms with Crippen molar-refractivity contribution in [3.63, 3.8) is 0 Å². The molecule has 0 aromatic heterocycles. The van der Waals surface area contributed by atoms with E-state index in [1.165, 1.54) is 24.3 Å². The predicted octanol–water partition coefficient (Wildman–Crippen LogP) is 6.04. The molecule has 0 radical (unpaired) electrons. The fourth-order valence-electron chi connectivity index (χ4n) is 4.65. The monoisotopic (exact) mass is 532 g/mol. The number of anilines is 1. The van der Waals surface area contributed by atoms with Gasteiger partial charge in [-0.15, -0.1) is 0 Å². The highest BCUT2D eigenvalue weighted by molar-refractivity contribution is 9.10. The van der Waals surface area contributed by atoms with Crippen molar-refractivity contribution >= 4 is 54.8 Å². The molecular weight excluding hydrogens is 514 g/mol. The molecule has 2 aromatic carbocycles. The lowest BCUT2D eigenvalue weighted by molar-refractivity contribution is 0.344. The summed E-state index contributed by atoms with van der Waals surface area (Å²) in [7, 11) is -3.77. The Balaban J connectivity index is 1.62. The second kappa shape index (κ2) is 8.10. The van der Waals surface area contributed by atoms with Gasteiger partial charge in [0.25, 0.3) is 0 Å². The van der Waals surface area contributed by atoms with Crippen LogP contribution in [0.25, 0.3) is 0 Å². The van der Waals surface area contributed by atoms with E-state index in [0.717, 1.165) is 30.4 Å². The number of halogens is 4. The molecule has 4 rings (SSSR count). The molecule has 1 aliphatic heterocycles. The van der Waals surface area contributed by atoms with Gasteiger partial charge in [0.05, 0.1) is 20.6 Å². The number of rotatable bonds is 5. The summed E-state index contributed by atoms with van der Waals surface area (Å²) in [4.78, 5) is 0.0483. The second-order valence-electron chi connectivity index (χ2n) is 7.70. The highest BCUT2D eigenvalue weighted by Gasteiger charge is 2.50. The summed E-state index contributed by atoms with van der Waals surface area (Å²) in [5, 5.41) is 3.79. The van der Waals surface area contributed by atoms with Gasteiger partial charge in [-0.1, -0.05) is 51.3 Å². The minimum atomic E-state index is -3.77. The van der Waals surface area contributed by atoms with E-state index in [0.29, 0.717) is 16.6 Å². The van der Waals surface area contributed by atoms with Gasteiger partial charge in [0, 0.05) is 22.5 Å². The van der Waals surface area contributed by atoms with Gasteiger partial charge in [0.2, 0.25) is 10.0 Å². The zero-order valence-electron chi connectivity index (χ0n) is 15.9. The Morgan fingerprint density at radius 1 is 1.27 bits per heavy atom. The van der Waals surface area contributed by atoms with Gasteiger partial charge in [-0.25, -0.2) is 17.5 Å². The minimum Gasteiger partial charge on any atom is -0.378 e. The van der Waals surface area contributed by atoms with E-state index in [4.69, 9.17) is 23.2 Å². The standard InChI is InChI=1S/C21H20BrCl2FN2O2S/c1-12-3-2-4-19-21(12,15-9-13(22)10-18(25)20(15)27-19)7-8-26-30(28,29)14-5-6-16(23)17(24)11-14/h5-6,9-11,19,26-27H,1-4,7-8H2. The predicted molar refractivity (Wildman–Crippen MR) is 122 cm³/mol. The summed E-state index contributed by atoms with van der Waals surface area (Å²) in [6.07, 6.45) is 3.12. The average Bonchev–Trinajstić information content (AvgIpc) is 3.00. The molecule has 0 bridgehead atoms. The largest absolute Gasteiger partial charge is 0.378 e. The lowest BCUT2D eigenvalue weighted by atomic mass is 9.63. The molecule has 2 aromatic rings. The van der Waals surface area contributed by atoms with Gasteiger partial charge >= 0.3 is 0 Å². The van der Waals surface area contributed by atoms with Crippen LogP contribution >= 0.6 is 39.1 Å². The molecule has 1 fully saturated rings. The highest BCUT2D eigenvalue weighted by atomic mass is 79.9. The van der Waals surface area contributed by atoms with Crippen LogP contribution < -0.4 is 10.0 Å². The molecule has 0 saturated heterocycles. The van der Waals surface area contributed by atoms with Crippen LogP contribution in [0.1, 0.15) is 31.2 Å². The number of benzene rings is 2. The van der Waals surface area contributed by atoms with Crippen LogP contribution in [0.15, 0.2) is 51.9 Å². The molecule has 0 amide bonds. The van der Waals surface area contributed by atoms with E-state index in [2.05, 4.69) is 32.5 Å². The maximum absolute atomic E-state index is 14.6. The van der Waals surface area contributed by atoms with Crippen molar-refractivity contribution in [3.05, 3.63) is 68.4 Å². The van der Waals surface area contributed by atoms with Crippen LogP contribution in [-0.4, -0.2) is 21.0 Å². The number of sulfonamides is 1. The molecule has 4 nitrogen and oxygen atoms in total. The van der Waals surface area contributed by atoms with E-state index in [1.54, 1.807) is 0 Å². The van der Waals surface area contributed by atoms with E-state index in [-0.39, 0.29) is 33.3 Å². The molecule has 2 atom stereocenters. The van der Waals surface area contributed by atoms with Crippen molar-refractivity contribution in [1.82, 2.24) is 4.72 Å². The Hall–Kier alpha value is -1.12. The first-order valence-electron chi connectivity index (χ1n) is 9.54. The van der Waals surface area contributed by atoms with E-state index < -0.39 is 15.4 Å². The number of hydrogen-bond acceptors (Lipinski definition) is 3. The summed E-state index contributed by atoms with van der Waals surface area (Å²) in [5.74, 6) is -0.322. The molecule has 2 unspecified atom stereocenters. The summed E-state index contributed by atoms with van der Waals surface area (Å²) >= 11 is 15.2. The highest BCUT2D eigenvalue weighted by Crippen LogP contribution is 2.54. The Kier molecular flexibility index (Phi) is 5.96. The van der Waals surface area contributed by atoms with Crippen molar-refractivity contribution in [3.8, 4) is 0 Å². The lowest BCUT2D eigenvalue weighted by Gasteiger charge is -2.42. The van der Waals surface area contributed by atoms with Crippen molar-refractivity contribution in [2.75, 3.05) is 11.9 Å². The van der Waals surface area contributed by atoms with Gasteiger partial charge in [-0.05, 0) is 61.6 Å². The molecule has 160 valence electrons. The molecular formula is C21H20BrCl2FN2O2S. The molecule has 1 aliphatic carbocycles. The number of nitrogens with one attached hydrogen (secondary N) is 2. The smallest absolute Gasteiger partial charge is 0.240 e. The maximum atomic E-state index is 14.6. The van der Waals surface area contributed by atoms with E-state index >= 15 is 0 Å². The van der Waals surface area contributed by atoms with Gasteiger partial charge in [-0.3, -0.25) is 0 Å². The molecule has 0 spiro atoms. The Bertz CT molecular complexity index is 1140. The Morgan fingerprint density at radius 3 is 2.77 bits per heavy atom. The third-order valence-corrected chi connectivity index (χ3v) is 8.72. The lowest BCUT2D eigenvalue weighted by Crippen LogP contribution is -2.45. The van der Waals surface area contributed by atoms with Crippen molar-refractivity contribution in [2.45, 2.75) is 42.0 Å². The van der Waals surface area contributed by atoms with Crippen molar-refractivity contribution in [1.29, 1.82) is 0 Å². The summed E-state index contributed by atoms with van der Waals surface area (Å²) in [5.41, 5.74) is 1.78. The van der Waals surface area contributed by atoms with Crippen LogP contribution in [0.3, 0.4) is 0 Å². The van der Waals surface area contributed by atoms with Crippen LogP contribution in [-0.2, 0) is 15.4 Å². The summed E-state index contributed by atoms with van der Waals surface area (Å²) < 4.78 is 43.4. The van der Waals surface area contributed by atoms with Gasteiger partial charge in [0.1, 0.15) is 5.82 Å². The molecule has 2 N–H and O–H groups in total. The number of hydrogen-bond donors (Lipinski definition) is 2. The van der Waals surface area contributed by atoms with E-state index in [1.807, 2.05) is 6.07 Å². The zero-order chi connectivity index (χ0) is 21.7. The van der Waals surface area contributed by atoms with Crippen LogP contribution in [0.2, 0.25) is 10.0 Å². The Labute approximate surface area is 194 Å². The molecule has 30 heavy (non-hydrogen) atoms. The maximum Gasteiger partial charge on any atom is 0.240 e. The number of fused-ring (bicyclic) bond motifs is 3. The van der Waals surface area contributed by atoms with Crippen LogP contribution in [0.4, 0.5) is 10.1 Å². The average molecular weight is 534 g/mol. The molecule has 9 heteroatoms. The van der Waals surface area contributed by atoms with Crippen LogP contribution in [0, 0.1) is 5.82 Å². The zero-order valence-corrected chi connectivity index (χ0v) is 19.9. The minimum absolute atomic E-state index is 0.0213. The Morgan fingerprint density at radius 2 is 2.03 bits per heavy atom.